The molecular formula is C12H9O5-. The standard InChI is InChI=1S/C12H10O5/c1-6(11(13)14)10-5-8-4-7(12(15)16)2-3-9(8)17-10/h2-6H,1H3,(H,13,14)(H,15,16)/p-1. The molecule has 0 aliphatic rings. The van der Waals surface area contributed by atoms with E-state index >= 15 is 0 Å². The van der Waals surface area contributed by atoms with Crippen molar-refractivity contribution in [2.75, 3.05) is 0 Å². The highest BCUT2D eigenvalue weighted by atomic mass is 16.4. The van der Waals surface area contributed by atoms with E-state index in [9.17, 15) is 14.7 Å². The van der Waals surface area contributed by atoms with Crippen molar-refractivity contribution in [3.63, 3.8) is 0 Å². The predicted molar refractivity (Wildman–Crippen MR) is 56.6 cm³/mol. The molecule has 1 heterocycles. The maximum absolute atomic E-state index is 10.8. The Labute approximate surface area is 96.3 Å². The van der Waals surface area contributed by atoms with Gasteiger partial charge in [0.25, 0.3) is 0 Å². The third kappa shape index (κ3) is 1.99. The Bertz CT molecular complexity index is 596. The average molecular weight is 233 g/mol. The first-order chi connectivity index (χ1) is 7.99. The highest BCUT2D eigenvalue weighted by molar-refractivity contribution is 5.93. The van der Waals surface area contributed by atoms with Crippen molar-refractivity contribution in [1.29, 1.82) is 0 Å². The minimum atomic E-state index is -1.23. The van der Waals surface area contributed by atoms with E-state index in [1.54, 1.807) is 0 Å². The zero-order chi connectivity index (χ0) is 12.6. The van der Waals surface area contributed by atoms with Gasteiger partial charge < -0.3 is 19.4 Å². The number of carboxylic acids is 2. The second-order valence-electron chi connectivity index (χ2n) is 3.75. The Kier molecular flexibility index (Phi) is 2.59. The van der Waals surface area contributed by atoms with Crippen LogP contribution in [0.25, 0.3) is 11.0 Å². The number of hydrogen-bond acceptors (Lipinski definition) is 4. The van der Waals surface area contributed by atoms with Gasteiger partial charge in [-0.2, -0.15) is 0 Å². The number of carboxylic acid groups (broad SMARTS) is 2. The van der Waals surface area contributed by atoms with E-state index in [1.807, 2.05) is 0 Å². The first-order valence-electron chi connectivity index (χ1n) is 4.96. The number of rotatable bonds is 3. The molecule has 0 aliphatic carbocycles. The summed E-state index contributed by atoms with van der Waals surface area (Å²) < 4.78 is 5.31. The van der Waals surface area contributed by atoms with Gasteiger partial charge in [-0.25, -0.2) is 4.79 Å². The Balaban J connectivity index is 2.50. The molecule has 2 rings (SSSR count). The van der Waals surface area contributed by atoms with Crippen LogP contribution in [0.2, 0.25) is 0 Å². The number of carbonyl (C=O) groups is 2. The Morgan fingerprint density at radius 3 is 2.65 bits per heavy atom. The second-order valence-corrected chi connectivity index (χ2v) is 3.75. The van der Waals surface area contributed by atoms with Gasteiger partial charge in [0, 0.05) is 5.39 Å². The van der Waals surface area contributed by atoms with Crippen molar-refractivity contribution in [1.82, 2.24) is 0 Å². The molecule has 0 spiro atoms. The van der Waals surface area contributed by atoms with Crippen LogP contribution < -0.4 is 5.11 Å². The monoisotopic (exact) mass is 233 g/mol. The van der Waals surface area contributed by atoms with E-state index < -0.39 is 17.9 Å². The molecular weight excluding hydrogens is 224 g/mol. The van der Waals surface area contributed by atoms with E-state index in [-0.39, 0.29) is 11.3 Å². The topological polar surface area (TPSA) is 90.6 Å². The molecule has 88 valence electrons. The predicted octanol–water partition coefficient (Wildman–Crippen LogP) is 0.984. The summed E-state index contributed by atoms with van der Waals surface area (Å²) >= 11 is 0. The number of benzene rings is 1. The molecule has 0 bridgehead atoms. The zero-order valence-corrected chi connectivity index (χ0v) is 8.97. The Morgan fingerprint density at radius 2 is 2.06 bits per heavy atom. The van der Waals surface area contributed by atoms with Gasteiger partial charge in [-0.1, -0.05) is 6.92 Å². The van der Waals surface area contributed by atoms with Crippen molar-refractivity contribution in [2.45, 2.75) is 12.8 Å². The van der Waals surface area contributed by atoms with Crippen molar-refractivity contribution in [3.05, 3.63) is 35.6 Å². The summed E-state index contributed by atoms with van der Waals surface area (Å²) in [6.45, 7) is 1.45. The molecule has 0 radical (unpaired) electrons. The highest BCUT2D eigenvalue weighted by Crippen LogP contribution is 2.25. The molecule has 0 saturated heterocycles. The Morgan fingerprint density at radius 1 is 1.35 bits per heavy atom. The fourth-order valence-electron chi connectivity index (χ4n) is 1.53. The molecule has 1 atom stereocenters. The molecule has 1 aromatic carbocycles. The van der Waals surface area contributed by atoms with Crippen LogP contribution in [-0.2, 0) is 4.79 Å². The molecule has 17 heavy (non-hydrogen) atoms. The quantitative estimate of drug-likeness (QED) is 0.853. The summed E-state index contributed by atoms with van der Waals surface area (Å²) in [4.78, 5) is 21.4. The number of fused-ring (bicyclic) bond motifs is 1. The minimum absolute atomic E-state index is 0.131. The van der Waals surface area contributed by atoms with Gasteiger partial charge >= 0.3 is 5.97 Å². The molecule has 0 amide bonds. The molecule has 5 heteroatoms. The van der Waals surface area contributed by atoms with Gasteiger partial charge in [0.1, 0.15) is 11.3 Å². The van der Waals surface area contributed by atoms with Crippen LogP contribution in [0.1, 0.15) is 29.0 Å². The molecule has 1 aromatic heterocycles. The van der Waals surface area contributed by atoms with Crippen LogP contribution in [0.15, 0.2) is 28.7 Å². The fourth-order valence-corrected chi connectivity index (χ4v) is 1.53. The van der Waals surface area contributed by atoms with E-state index in [0.717, 1.165) is 0 Å². The lowest BCUT2D eigenvalue weighted by Gasteiger charge is -2.07. The van der Waals surface area contributed by atoms with Gasteiger partial charge in [0.2, 0.25) is 0 Å². The summed E-state index contributed by atoms with van der Waals surface area (Å²) in [5.41, 5.74) is 0.587. The molecule has 1 unspecified atom stereocenters. The first-order valence-corrected chi connectivity index (χ1v) is 4.96. The molecule has 5 nitrogen and oxygen atoms in total. The van der Waals surface area contributed by atoms with E-state index in [4.69, 9.17) is 9.52 Å². The molecule has 0 saturated carbocycles. The summed E-state index contributed by atoms with van der Waals surface area (Å²) in [6.07, 6.45) is 0. The van der Waals surface area contributed by atoms with Crippen LogP contribution in [0, 0.1) is 0 Å². The van der Waals surface area contributed by atoms with Crippen LogP contribution in [0.3, 0.4) is 0 Å². The summed E-state index contributed by atoms with van der Waals surface area (Å²) in [5, 5.41) is 20.1. The number of hydrogen-bond donors (Lipinski definition) is 1. The third-order valence-electron chi connectivity index (χ3n) is 2.56. The average Bonchev–Trinajstić information content (AvgIpc) is 2.69. The normalized spacial score (nSPS) is 12.5. The van der Waals surface area contributed by atoms with Gasteiger partial charge in [-0.05, 0) is 24.3 Å². The van der Waals surface area contributed by atoms with E-state index in [2.05, 4.69) is 0 Å². The highest BCUT2D eigenvalue weighted by Gasteiger charge is 2.13. The van der Waals surface area contributed by atoms with E-state index in [0.29, 0.717) is 11.0 Å². The van der Waals surface area contributed by atoms with Crippen LogP contribution in [0.5, 0.6) is 0 Å². The summed E-state index contributed by atoms with van der Waals surface area (Å²) in [7, 11) is 0. The smallest absolute Gasteiger partial charge is 0.335 e. The number of aromatic carboxylic acids is 1. The van der Waals surface area contributed by atoms with Crippen LogP contribution >= 0.6 is 0 Å². The largest absolute Gasteiger partial charge is 0.549 e. The van der Waals surface area contributed by atoms with Crippen LogP contribution in [0.4, 0.5) is 0 Å². The van der Waals surface area contributed by atoms with Gasteiger partial charge in [-0.15, -0.1) is 0 Å². The SMILES string of the molecule is CC(C(=O)[O-])c1cc2cc(C(=O)O)ccc2o1. The molecule has 2 aromatic rings. The van der Waals surface area contributed by atoms with Gasteiger partial charge in [0.05, 0.1) is 17.5 Å². The van der Waals surface area contributed by atoms with Gasteiger partial charge in [0.15, 0.2) is 0 Å². The maximum atomic E-state index is 10.8. The second kappa shape index (κ2) is 3.93. The number of furan rings is 1. The zero-order valence-electron chi connectivity index (χ0n) is 8.97. The number of aliphatic carboxylic acids is 1. The Hall–Kier alpha value is -2.30. The molecule has 0 fully saturated rings. The van der Waals surface area contributed by atoms with Crippen molar-refractivity contribution in [3.8, 4) is 0 Å². The van der Waals surface area contributed by atoms with Crippen molar-refractivity contribution in [2.24, 2.45) is 0 Å². The first kappa shape index (κ1) is 11.2. The lowest BCUT2D eigenvalue weighted by molar-refractivity contribution is -0.307. The van der Waals surface area contributed by atoms with E-state index in [1.165, 1.54) is 31.2 Å². The molecule has 0 aliphatic heterocycles. The summed E-state index contributed by atoms with van der Waals surface area (Å²) in [5.74, 6) is -2.89. The number of carbonyl (C=O) groups excluding carboxylic acids is 1. The van der Waals surface area contributed by atoms with Crippen molar-refractivity contribution < 1.29 is 24.2 Å². The lowest BCUT2D eigenvalue weighted by Crippen LogP contribution is -2.27. The van der Waals surface area contributed by atoms with Crippen LogP contribution in [-0.4, -0.2) is 17.0 Å². The minimum Gasteiger partial charge on any atom is -0.549 e. The van der Waals surface area contributed by atoms with Gasteiger partial charge in [-0.3, -0.25) is 0 Å². The fraction of sp³-hybridized carbons (Fsp3) is 0.167. The maximum Gasteiger partial charge on any atom is 0.335 e. The molecule has 1 N–H and O–H groups in total. The third-order valence-corrected chi connectivity index (χ3v) is 2.56. The lowest BCUT2D eigenvalue weighted by atomic mass is 10.1. The summed E-state index contributed by atoms with van der Waals surface area (Å²) in [6, 6.07) is 5.86. The van der Waals surface area contributed by atoms with Crippen molar-refractivity contribution >= 4 is 22.9 Å².